The molecule has 8 heteroatoms. The van der Waals surface area contributed by atoms with Crippen molar-refractivity contribution >= 4 is 15.9 Å². The van der Waals surface area contributed by atoms with Gasteiger partial charge in [-0.25, -0.2) is 8.42 Å². The fourth-order valence-electron chi connectivity index (χ4n) is 2.11. The second-order valence-electron chi connectivity index (χ2n) is 6.22. The standard InChI is InChI=1S/C15H25N3O4S/c1-6-18(7-2)23(21,22)12-8-9-14(20)17(10-12)11-13(19)16-15(3,4)5/h8-10H,6-7,11H2,1-5H3,(H,16,19). The molecule has 0 saturated heterocycles. The molecule has 0 aliphatic heterocycles. The zero-order chi connectivity index (χ0) is 17.8. The molecular weight excluding hydrogens is 318 g/mol. The Morgan fingerprint density at radius 2 is 1.78 bits per heavy atom. The average molecular weight is 343 g/mol. The van der Waals surface area contributed by atoms with Crippen LogP contribution in [0.2, 0.25) is 0 Å². The third-order valence-corrected chi connectivity index (χ3v) is 5.16. The van der Waals surface area contributed by atoms with Crippen molar-refractivity contribution in [1.82, 2.24) is 14.2 Å². The molecule has 1 aromatic heterocycles. The smallest absolute Gasteiger partial charge is 0.251 e. The molecule has 23 heavy (non-hydrogen) atoms. The van der Waals surface area contributed by atoms with E-state index in [9.17, 15) is 18.0 Å². The Balaban J connectivity index is 3.14. The van der Waals surface area contributed by atoms with Crippen molar-refractivity contribution in [3.8, 4) is 0 Å². The van der Waals surface area contributed by atoms with Crippen molar-refractivity contribution in [3.63, 3.8) is 0 Å². The first-order valence-electron chi connectivity index (χ1n) is 7.53. The van der Waals surface area contributed by atoms with Crippen LogP contribution in [0.15, 0.2) is 28.0 Å². The number of aromatic nitrogens is 1. The monoisotopic (exact) mass is 343 g/mol. The molecule has 0 fully saturated rings. The van der Waals surface area contributed by atoms with Gasteiger partial charge in [0.25, 0.3) is 5.56 Å². The van der Waals surface area contributed by atoms with Crippen LogP contribution in [0.3, 0.4) is 0 Å². The van der Waals surface area contributed by atoms with Gasteiger partial charge in [-0.1, -0.05) is 13.8 Å². The highest BCUT2D eigenvalue weighted by molar-refractivity contribution is 7.89. The van der Waals surface area contributed by atoms with Crippen molar-refractivity contribution in [2.24, 2.45) is 0 Å². The summed E-state index contributed by atoms with van der Waals surface area (Å²) in [4.78, 5) is 23.8. The highest BCUT2D eigenvalue weighted by Crippen LogP contribution is 2.13. The third-order valence-electron chi connectivity index (χ3n) is 3.13. The summed E-state index contributed by atoms with van der Waals surface area (Å²) in [5.41, 5.74) is -0.849. The zero-order valence-corrected chi connectivity index (χ0v) is 15.1. The van der Waals surface area contributed by atoms with Crippen molar-refractivity contribution in [3.05, 3.63) is 28.7 Å². The normalized spacial score (nSPS) is 12.4. The van der Waals surface area contributed by atoms with Gasteiger partial charge in [0.05, 0.1) is 4.90 Å². The lowest BCUT2D eigenvalue weighted by atomic mass is 10.1. The van der Waals surface area contributed by atoms with E-state index in [0.29, 0.717) is 13.1 Å². The number of nitrogens with one attached hydrogen (secondary N) is 1. The fourth-order valence-corrected chi connectivity index (χ4v) is 3.59. The molecule has 1 N–H and O–H groups in total. The SMILES string of the molecule is CCN(CC)S(=O)(=O)c1ccc(=O)n(CC(=O)NC(C)(C)C)c1. The lowest BCUT2D eigenvalue weighted by Crippen LogP contribution is -2.43. The first kappa shape index (κ1) is 19.4. The molecular formula is C15H25N3O4S. The van der Waals surface area contributed by atoms with Gasteiger partial charge in [-0.2, -0.15) is 4.31 Å². The Bertz CT molecular complexity index is 713. The lowest BCUT2D eigenvalue weighted by molar-refractivity contribution is -0.123. The summed E-state index contributed by atoms with van der Waals surface area (Å²) in [5, 5.41) is 2.74. The van der Waals surface area contributed by atoms with Gasteiger partial charge in [0.1, 0.15) is 6.54 Å². The van der Waals surface area contributed by atoms with Crippen molar-refractivity contribution in [2.75, 3.05) is 13.1 Å². The Kier molecular flexibility index (Phi) is 6.12. The Labute approximate surface area is 137 Å². The summed E-state index contributed by atoms with van der Waals surface area (Å²) in [6.07, 6.45) is 1.22. The maximum atomic E-state index is 12.5. The van der Waals surface area contributed by atoms with E-state index >= 15 is 0 Å². The summed E-state index contributed by atoms with van der Waals surface area (Å²) in [6.45, 7) is 9.42. The number of hydrogen-bond donors (Lipinski definition) is 1. The lowest BCUT2D eigenvalue weighted by Gasteiger charge is -2.21. The third kappa shape index (κ3) is 5.18. The minimum Gasteiger partial charge on any atom is -0.350 e. The summed E-state index contributed by atoms with van der Waals surface area (Å²) in [6, 6.07) is 2.44. The Morgan fingerprint density at radius 3 is 2.26 bits per heavy atom. The minimum absolute atomic E-state index is 0.00404. The molecule has 0 aliphatic carbocycles. The summed E-state index contributed by atoms with van der Waals surface area (Å²) < 4.78 is 27.4. The maximum Gasteiger partial charge on any atom is 0.251 e. The molecule has 1 amide bonds. The van der Waals surface area contributed by atoms with Gasteiger partial charge in [-0.05, 0) is 26.8 Å². The van der Waals surface area contributed by atoms with Gasteiger partial charge in [0, 0.05) is 30.9 Å². The molecule has 7 nitrogen and oxygen atoms in total. The molecule has 0 atom stereocenters. The van der Waals surface area contributed by atoms with Crippen LogP contribution >= 0.6 is 0 Å². The minimum atomic E-state index is -3.67. The van der Waals surface area contributed by atoms with Crippen LogP contribution in [0.1, 0.15) is 34.6 Å². The van der Waals surface area contributed by atoms with Crippen LogP contribution < -0.4 is 10.9 Å². The van der Waals surface area contributed by atoms with Crippen LogP contribution in [0.25, 0.3) is 0 Å². The summed E-state index contributed by atoms with van der Waals surface area (Å²) in [7, 11) is -3.67. The molecule has 0 unspecified atom stereocenters. The summed E-state index contributed by atoms with van der Waals surface area (Å²) >= 11 is 0. The number of carbonyl (C=O) groups excluding carboxylic acids is 1. The van der Waals surface area contributed by atoms with Gasteiger partial charge in [-0.3, -0.25) is 9.59 Å². The van der Waals surface area contributed by atoms with E-state index in [0.717, 1.165) is 4.57 Å². The molecule has 0 saturated carbocycles. The predicted molar refractivity (Wildman–Crippen MR) is 88.7 cm³/mol. The van der Waals surface area contributed by atoms with E-state index in [2.05, 4.69) is 5.32 Å². The maximum absolute atomic E-state index is 12.5. The second kappa shape index (κ2) is 7.27. The number of hydrogen-bond acceptors (Lipinski definition) is 4. The molecule has 1 aromatic rings. The average Bonchev–Trinajstić information content (AvgIpc) is 2.40. The molecule has 0 aliphatic rings. The van der Waals surface area contributed by atoms with Crippen LogP contribution in [-0.4, -0.2) is 41.8 Å². The van der Waals surface area contributed by atoms with Gasteiger partial charge in [0.15, 0.2) is 0 Å². The van der Waals surface area contributed by atoms with Gasteiger partial charge < -0.3 is 9.88 Å². The predicted octanol–water partition coefficient (Wildman–Crippen LogP) is 0.794. The van der Waals surface area contributed by atoms with Crippen LogP contribution in [-0.2, 0) is 21.4 Å². The Morgan fingerprint density at radius 1 is 1.22 bits per heavy atom. The number of sulfonamides is 1. The first-order chi connectivity index (χ1) is 10.5. The fraction of sp³-hybridized carbons (Fsp3) is 0.600. The number of amides is 1. The molecule has 1 rings (SSSR count). The van der Waals surface area contributed by atoms with E-state index in [4.69, 9.17) is 0 Å². The van der Waals surface area contributed by atoms with E-state index in [1.165, 1.54) is 22.6 Å². The largest absolute Gasteiger partial charge is 0.350 e. The second-order valence-corrected chi connectivity index (χ2v) is 8.16. The van der Waals surface area contributed by atoms with Crippen LogP contribution in [0.4, 0.5) is 0 Å². The molecule has 0 aromatic carbocycles. The number of pyridine rings is 1. The molecule has 0 bridgehead atoms. The van der Waals surface area contributed by atoms with E-state index in [1.54, 1.807) is 13.8 Å². The first-order valence-corrected chi connectivity index (χ1v) is 8.97. The van der Waals surface area contributed by atoms with E-state index in [-0.39, 0.29) is 17.3 Å². The molecule has 0 spiro atoms. The van der Waals surface area contributed by atoms with Crippen molar-refractivity contribution in [1.29, 1.82) is 0 Å². The highest BCUT2D eigenvalue weighted by atomic mass is 32.2. The van der Waals surface area contributed by atoms with E-state index in [1.807, 2.05) is 20.8 Å². The number of carbonyl (C=O) groups is 1. The number of rotatable bonds is 6. The van der Waals surface area contributed by atoms with Gasteiger partial charge in [-0.15, -0.1) is 0 Å². The van der Waals surface area contributed by atoms with Crippen molar-refractivity contribution < 1.29 is 13.2 Å². The molecule has 1 heterocycles. The molecule has 0 radical (unpaired) electrons. The van der Waals surface area contributed by atoms with Gasteiger partial charge >= 0.3 is 0 Å². The van der Waals surface area contributed by atoms with Crippen molar-refractivity contribution in [2.45, 2.75) is 51.6 Å². The number of nitrogens with zero attached hydrogens (tertiary/aromatic N) is 2. The van der Waals surface area contributed by atoms with Gasteiger partial charge in [0.2, 0.25) is 15.9 Å². The quantitative estimate of drug-likeness (QED) is 0.827. The van der Waals surface area contributed by atoms with E-state index < -0.39 is 21.1 Å². The van der Waals surface area contributed by atoms with Crippen LogP contribution in [0.5, 0.6) is 0 Å². The van der Waals surface area contributed by atoms with Crippen LogP contribution in [0, 0.1) is 0 Å². The zero-order valence-electron chi connectivity index (χ0n) is 14.3. The molecule has 130 valence electrons. The highest BCUT2D eigenvalue weighted by Gasteiger charge is 2.23. The Hall–Kier alpha value is -1.67. The summed E-state index contributed by atoms with van der Waals surface area (Å²) in [5.74, 6) is -0.350. The topological polar surface area (TPSA) is 88.5 Å².